The Morgan fingerprint density at radius 1 is 1.00 bits per heavy atom. The van der Waals surface area contributed by atoms with Crippen LogP contribution in [-0.4, -0.2) is 91.1 Å². The molecule has 2 aliphatic rings. The third kappa shape index (κ3) is 5.98. The topological polar surface area (TPSA) is 65.1 Å². The number of anilines is 1. The molecule has 2 amide bonds. The van der Waals surface area contributed by atoms with Crippen molar-refractivity contribution in [2.45, 2.75) is 26.1 Å². The fourth-order valence-electron chi connectivity index (χ4n) is 3.72. The first kappa shape index (κ1) is 20.7. The van der Waals surface area contributed by atoms with Crippen LogP contribution in [0.25, 0.3) is 0 Å². The molecule has 2 fully saturated rings. The van der Waals surface area contributed by atoms with Gasteiger partial charge in [0.2, 0.25) is 11.8 Å². The van der Waals surface area contributed by atoms with E-state index in [-0.39, 0.29) is 36.4 Å². The van der Waals surface area contributed by atoms with Crippen molar-refractivity contribution in [2.24, 2.45) is 0 Å². The lowest BCUT2D eigenvalue weighted by molar-refractivity contribution is -0.144. The molecule has 8 heteroatoms. The summed E-state index contributed by atoms with van der Waals surface area (Å²) in [6.45, 7) is 8.96. The Kier molecular flexibility index (Phi) is 6.98. The fraction of sp³-hybridized carbons (Fsp3) is 0.600. The summed E-state index contributed by atoms with van der Waals surface area (Å²) in [6.07, 6.45) is 0.147. The summed E-state index contributed by atoms with van der Waals surface area (Å²) in [5, 5.41) is 2.78. The number of ether oxygens (including phenoxy) is 1. The number of hydrogen-bond donors (Lipinski definition) is 1. The molecule has 0 aromatic heterocycles. The first-order valence-corrected chi connectivity index (χ1v) is 9.82. The van der Waals surface area contributed by atoms with E-state index in [0.29, 0.717) is 25.3 Å². The highest BCUT2D eigenvalue weighted by molar-refractivity contribution is 5.92. The highest BCUT2D eigenvalue weighted by atomic mass is 19.1. The molecule has 7 nitrogen and oxygen atoms in total. The van der Waals surface area contributed by atoms with Crippen LogP contribution in [0.15, 0.2) is 24.3 Å². The Hall–Kier alpha value is -2.03. The number of morpholine rings is 1. The van der Waals surface area contributed by atoms with Crippen LogP contribution in [0, 0.1) is 5.82 Å². The number of carbonyl (C=O) groups excluding carboxylic acids is 2. The van der Waals surface area contributed by atoms with Gasteiger partial charge in [0.05, 0.1) is 25.3 Å². The summed E-state index contributed by atoms with van der Waals surface area (Å²) in [7, 11) is 0. The van der Waals surface area contributed by atoms with Crippen molar-refractivity contribution in [3.63, 3.8) is 0 Å². The van der Waals surface area contributed by atoms with Crippen LogP contribution in [0.2, 0.25) is 0 Å². The second-order valence-corrected chi connectivity index (χ2v) is 7.66. The molecule has 0 aliphatic carbocycles. The lowest BCUT2D eigenvalue weighted by atomic mass is 10.2. The third-order valence-corrected chi connectivity index (χ3v) is 5.09. The van der Waals surface area contributed by atoms with E-state index in [0.717, 1.165) is 26.2 Å². The summed E-state index contributed by atoms with van der Waals surface area (Å²) in [6, 6.07) is 5.73. The molecule has 0 spiro atoms. The zero-order valence-electron chi connectivity index (χ0n) is 16.6. The summed E-state index contributed by atoms with van der Waals surface area (Å²) in [4.78, 5) is 30.8. The molecule has 1 aromatic rings. The molecule has 2 aliphatic heterocycles. The number of halogens is 1. The molecule has 2 saturated heterocycles. The Labute approximate surface area is 165 Å². The van der Waals surface area contributed by atoms with Gasteiger partial charge in [0.15, 0.2) is 0 Å². The maximum atomic E-state index is 12.9. The van der Waals surface area contributed by atoms with E-state index in [1.165, 1.54) is 12.1 Å². The van der Waals surface area contributed by atoms with Gasteiger partial charge in [-0.2, -0.15) is 0 Å². The van der Waals surface area contributed by atoms with Crippen LogP contribution in [0.5, 0.6) is 0 Å². The molecule has 2 heterocycles. The Bertz CT molecular complexity index is 667. The van der Waals surface area contributed by atoms with Crippen LogP contribution in [0.4, 0.5) is 10.1 Å². The second kappa shape index (κ2) is 9.45. The summed E-state index contributed by atoms with van der Waals surface area (Å²) < 4.78 is 18.6. The molecule has 0 bridgehead atoms. The average molecular weight is 392 g/mol. The molecule has 0 unspecified atom stereocenters. The minimum absolute atomic E-state index is 0.0733. The highest BCUT2D eigenvalue weighted by Gasteiger charge is 2.28. The van der Waals surface area contributed by atoms with Crippen LogP contribution in [0.3, 0.4) is 0 Å². The van der Waals surface area contributed by atoms with Crippen molar-refractivity contribution in [1.29, 1.82) is 0 Å². The van der Waals surface area contributed by atoms with E-state index >= 15 is 0 Å². The number of piperazine rings is 1. The number of rotatable bonds is 5. The zero-order chi connectivity index (χ0) is 20.1. The van der Waals surface area contributed by atoms with Crippen LogP contribution >= 0.6 is 0 Å². The normalized spacial score (nSPS) is 24.2. The van der Waals surface area contributed by atoms with E-state index in [4.69, 9.17) is 4.74 Å². The van der Waals surface area contributed by atoms with Gasteiger partial charge >= 0.3 is 0 Å². The minimum atomic E-state index is -0.329. The van der Waals surface area contributed by atoms with Crippen molar-refractivity contribution in [2.75, 3.05) is 57.7 Å². The number of amides is 2. The minimum Gasteiger partial charge on any atom is -0.372 e. The quantitative estimate of drug-likeness (QED) is 0.811. The average Bonchev–Trinajstić information content (AvgIpc) is 2.64. The van der Waals surface area contributed by atoms with E-state index in [1.54, 1.807) is 12.1 Å². The number of hydrogen-bond acceptors (Lipinski definition) is 5. The van der Waals surface area contributed by atoms with Crippen molar-refractivity contribution < 1.29 is 18.7 Å². The molecule has 3 rings (SSSR count). The first-order chi connectivity index (χ1) is 13.4. The van der Waals surface area contributed by atoms with Gasteiger partial charge in [-0.25, -0.2) is 4.39 Å². The zero-order valence-corrected chi connectivity index (χ0v) is 16.6. The van der Waals surface area contributed by atoms with Crippen molar-refractivity contribution in [3.8, 4) is 0 Å². The van der Waals surface area contributed by atoms with Gasteiger partial charge < -0.3 is 15.0 Å². The standard InChI is InChI=1S/C20H29FN4O3/c1-15-11-25(12-16(2)28-15)20(27)14-24-9-7-23(8-10-24)13-19(26)22-18-5-3-17(21)4-6-18/h3-6,15-16H,7-14H2,1-2H3,(H,22,26)/t15-,16-/m1/s1. The number of nitrogens with one attached hydrogen (secondary N) is 1. The number of carbonyl (C=O) groups is 2. The van der Waals surface area contributed by atoms with Gasteiger partial charge in [-0.15, -0.1) is 0 Å². The smallest absolute Gasteiger partial charge is 0.238 e. The van der Waals surface area contributed by atoms with Gasteiger partial charge in [-0.3, -0.25) is 19.4 Å². The maximum absolute atomic E-state index is 12.9. The Balaban J connectivity index is 1.38. The molecule has 2 atom stereocenters. The monoisotopic (exact) mass is 392 g/mol. The number of nitrogens with zero attached hydrogens (tertiary/aromatic N) is 3. The third-order valence-electron chi connectivity index (χ3n) is 5.09. The van der Waals surface area contributed by atoms with Gasteiger partial charge in [0, 0.05) is 45.0 Å². The fourth-order valence-corrected chi connectivity index (χ4v) is 3.72. The Morgan fingerprint density at radius 2 is 1.54 bits per heavy atom. The predicted octanol–water partition coefficient (Wildman–Crippen LogP) is 1.02. The SMILES string of the molecule is C[C@@H]1CN(C(=O)CN2CCN(CC(=O)Nc3ccc(F)cc3)CC2)C[C@@H](C)O1. The van der Waals surface area contributed by atoms with Crippen LogP contribution < -0.4 is 5.32 Å². The highest BCUT2D eigenvalue weighted by Crippen LogP contribution is 2.12. The molecule has 28 heavy (non-hydrogen) atoms. The summed E-state index contributed by atoms with van der Waals surface area (Å²) in [5.41, 5.74) is 0.588. The van der Waals surface area contributed by atoms with E-state index < -0.39 is 0 Å². The van der Waals surface area contributed by atoms with Crippen LogP contribution in [-0.2, 0) is 14.3 Å². The molecule has 0 radical (unpaired) electrons. The van der Waals surface area contributed by atoms with E-state index in [2.05, 4.69) is 15.1 Å². The first-order valence-electron chi connectivity index (χ1n) is 9.82. The van der Waals surface area contributed by atoms with Gasteiger partial charge in [0.25, 0.3) is 0 Å². The maximum Gasteiger partial charge on any atom is 0.238 e. The summed E-state index contributed by atoms with van der Waals surface area (Å²) in [5.74, 6) is -0.304. The summed E-state index contributed by atoms with van der Waals surface area (Å²) >= 11 is 0. The van der Waals surface area contributed by atoms with Crippen LogP contribution in [0.1, 0.15) is 13.8 Å². The molecule has 0 saturated carbocycles. The lowest BCUT2D eigenvalue weighted by Crippen LogP contribution is -2.54. The molecular weight excluding hydrogens is 363 g/mol. The van der Waals surface area contributed by atoms with Crippen molar-refractivity contribution in [3.05, 3.63) is 30.1 Å². The number of benzene rings is 1. The second-order valence-electron chi connectivity index (χ2n) is 7.66. The van der Waals surface area contributed by atoms with E-state index in [9.17, 15) is 14.0 Å². The van der Waals surface area contributed by atoms with Gasteiger partial charge in [0.1, 0.15) is 5.82 Å². The van der Waals surface area contributed by atoms with E-state index in [1.807, 2.05) is 18.7 Å². The lowest BCUT2D eigenvalue weighted by Gasteiger charge is -2.38. The van der Waals surface area contributed by atoms with Gasteiger partial charge in [-0.05, 0) is 38.1 Å². The molecular formula is C20H29FN4O3. The molecule has 1 aromatic carbocycles. The largest absolute Gasteiger partial charge is 0.372 e. The Morgan fingerprint density at radius 3 is 2.11 bits per heavy atom. The van der Waals surface area contributed by atoms with Crippen molar-refractivity contribution in [1.82, 2.24) is 14.7 Å². The molecule has 1 N–H and O–H groups in total. The van der Waals surface area contributed by atoms with Crippen molar-refractivity contribution >= 4 is 17.5 Å². The predicted molar refractivity (Wildman–Crippen MR) is 104 cm³/mol. The molecule has 154 valence electrons. The van der Waals surface area contributed by atoms with Gasteiger partial charge in [-0.1, -0.05) is 0 Å².